The van der Waals surface area contributed by atoms with Crippen LogP contribution >= 0.6 is 11.5 Å². The highest BCUT2D eigenvalue weighted by atomic mass is 32.1. The maximum atomic E-state index is 12.9. The number of halogens is 3. The first-order valence-electron chi connectivity index (χ1n) is 9.81. The number of rotatable bonds is 4. The smallest absolute Gasteiger partial charge is 0.394 e. The van der Waals surface area contributed by atoms with E-state index in [-0.39, 0.29) is 12.5 Å². The van der Waals surface area contributed by atoms with Crippen LogP contribution in [-0.4, -0.2) is 32.1 Å². The summed E-state index contributed by atoms with van der Waals surface area (Å²) in [7, 11) is 0. The number of aliphatic hydroxyl groups excluding tert-OH is 1. The SMILES string of the molecule is O=C(NC1(CO)CCC1)c1ccc2c(c1)c1csnc1n2-c1ccc(C(F)(F)F)cc1. The summed E-state index contributed by atoms with van der Waals surface area (Å²) in [6, 6.07) is 10.2. The summed E-state index contributed by atoms with van der Waals surface area (Å²) < 4.78 is 45.0. The van der Waals surface area contributed by atoms with E-state index in [1.54, 1.807) is 22.8 Å². The van der Waals surface area contributed by atoms with Gasteiger partial charge in [0, 0.05) is 27.4 Å². The minimum atomic E-state index is -4.40. The molecule has 160 valence electrons. The largest absolute Gasteiger partial charge is 0.416 e. The summed E-state index contributed by atoms with van der Waals surface area (Å²) in [5.74, 6) is -0.255. The molecular weight excluding hydrogens is 427 g/mol. The minimum absolute atomic E-state index is 0.0933. The lowest BCUT2D eigenvalue weighted by Gasteiger charge is -2.40. The van der Waals surface area contributed by atoms with E-state index < -0.39 is 17.3 Å². The second-order valence-electron chi connectivity index (χ2n) is 7.91. The van der Waals surface area contributed by atoms with Crippen molar-refractivity contribution < 1.29 is 23.1 Å². The lowest BCUT2D eigenvalue weighted by molar-refractivity contribution is -0.137. The van der Waals surface area contributed by atoms with Crippen LogP contribution in [-0.2, 0) is 6.18 Å². The number of fused-ring (bicyclic) bond motifs is 3. The molecule has 0 spiro atoms. The third-order valence-corrected chi connectivity index (χ3v) is 6.62. The molecule has 4 aromatic rings. The molecule has 2 aromatic heterocycles. The Morgan fingerprint density at radius 1 is 1.16 bits per heavy atom. The normalized spacial score (nSPS) is 15.9. The molecular formula is C22H18F3N3O2S. The summed E-state index contributed by atoms with van der Waals surface area (Å²) in [5.41, 5.74) is 1.15. The Labute approximate surface area is 179 Å². The molecule has 0 atom stereocenters. The van der Waals surface area contributed by atoms with Gasteiger partial charge in [0.2, 0.25) is 0 Å². The van der Waals surface area contributed by atoms with Crippen LogP contribution in [0.1, 0.15) is 35.2 Å². The molecule has 0 bridgehead atoms. The fraction of sp³-hybridized carbons (Fsp3) is 0.273. The van der Waals surface area contributed by atoms with Crippen LogP contribution in [0, 0.1) is 0 Å². The number of aliphatic hydroxyl groups is 1. The third-order valence-electron chi connectivity index (χ3n) is 6.00. The molecule has 0 aliphatic heterocycles. The van der Waals surface area contributed by atoms with E-state index in [0.717, 1.165) is 47.7 Å². The van der Waals surface area contributed by atoms with Gasteiger partial charge in [-0.2, -0.15) is 17.5 Å². The number of benzene rings is 2. The van der Waals surface area contributed by atoms with Crippen molar-refractivity contribution in [1.29, 1.82) is 0 Å². The van der Waals surface area contributed by atoms with Gasteiger partial charge >= 0.3 is 6.18 Å². The van der Waals surface area contributed by atoms with Crippen LogP contribution in [0.25, 0.3) is 27.6 Å². The van der Waals surface area contributed by atoms with Gasteiger partial charge in [0.15, 0.2) is 5.65 Å². The first-order valence-corrected chi connectivity index (χ1v) is 10.6. The molecule has 2 aromatic carbocycles. The monoisotopic (exact) mass is 445 g/mol. The average molecular weight is 445 g/mol. The summed E-state index contributed by atoms with van der Waals surface area (Å²) in [6.45, 7) is -0.0933. The van der Waals surface area contributed by atoms with Crippen LogP contribution in [0.2, 0.25) is 0 Å². The molecule has 2 heterocycles. The Morgan fingerprint density at radius 2 is 1.90 bits per heavy atom. The molecule has 1 aliphatic carbocycles. The number of amides is 1. The van der Waals surface area contributed by atoms with Gasteiger partial charge < -0.3 is 10.4 Å². The summed E-state index contributed by atoms with van der Waals surface area (Å²) in [6.07, 6.45) is -1.93. The van der Waals surface area contributed by atoms with Crippen molar-refractivity contribution in [1.82, 2.24) is 14.3 Å². The van der Waals surface area contributed by atoms with Crippen LogP contribution in [0.15, 0.2) is 47.8 Å². The van der Waals surface area contributed by atoms with Gasteiger partial charge in [-0.05, 0) is 73.3 Å². The Morgan fingerprint density at radius 3 is 2.52 bits per heavy atom. The van der Waals surface area contributed by atoms with Crippen molar-refractivity contribution in [3.8, 4) is 5.69 Å². The van der Waals surface area contributed by atoms with Gasteiger partial charge in [0.05, 0.1) is 23.2 Å². The van der Waals surface area contributed by atoms with Gasteiger partial charge in [0.1, 0.15) is 0 Å². The standard InChI is InChI=1S/C22H18F3N3O2S/c23-22(24,25)14-3-5-15(6-4-14)28-18-7-2-13(10-16(18)17-11-31-27-19(17)28)20(30)26-21(12-29)8-1-9-21/h2-7,10-11,29H,1,8-9,12H2,(H,26,30). The molecule has 0 radical (unpaired) electrons. The van der Waals surface area contributed by atoms with E-state index in [2.05, 4.69) is 9.69 Å². The van der Waals surface area contributed by atoms with E-state index in [0.29, 0.717) is 16.9 Å². The quantitative estimate of drug-likeness (QED) is 0.469. The Balaban J connectivity index is 1.57. The molecule has 2 N–H and O–H groups in total. The fourth-order valence-corrected chi connectivity index (χ4v) is 4.75. The van der Waals surface area contributed by atoms with Crippen molar-refractivity contribution in [2.75, 3.05) is 6.61 Å². The van der Waals surface area contributed by atoms with Crippen LogP contribution in [0.3, 0.4) is 0 Å². The number of aromatic nitrogens is 2. The second kappa shape index (κ2) is 7.06. The molecule has 1 fully saturated rings. The Bertz CT molecular complexity index is 1280. The van der Waals surface area contributed by atoms with E-state index >= 15 is 0 Å². The van der Waals surface area contributed by atoms with Crippen LogP contribution in [0.5, 0.6) is 0 Å². The van der Waals surface area contributed by atoms with Gasteiger partial charge in [-0.3, -0.25) is 9.36 Å². The molecule has 0 saturated heterocycles. The molecule has 0 unspecified atom stereocenters. The lowest BCUT2D eigenvalue weighted by Crippen LogP contribution is -2.56. The van der Waals surface area contributed by atoms with Crippen molar-refractivity contribution in [3.05, 3.63) is 59.0 Å². The predicted molar refractivity (Wildman–Crippen MR) is 113 cm³/mol. The molecule has 1 amide bonds. The molecule has 9 heteroatoms. The van der Waals surface area contributed by atoms with E-state index in [9.17, 15) is 23.1 Å². The maximum absolute atomic E-state index is 12.9. The van der Waals surface area contributed by atoms with Gasteiger partial charge in [-0.15, -0.1) is 0 Å². The number of nitrogens with zero attached hydrogens (tertiary/aromatic N) is 2. The minimum Gasteiger partial charge on any atom is -0.394 e. The van der Waals surface area contributed by atoms with E-state index in [1.807, 2.05) is 5.38 Å². The number of nitrogens with one attached hydrogen (secondary N) is 1. The zero-order chi connectivity index (χ0) is 21.8. The van der Waals surface area contributed by atoms with Gasteiger partial charge in [-0.25, -0.2) is 0 Å². The molecule has 5 nitrogen and oxygen atoms in total. The van der Waals surface area contributed by atoms with Crippen molar-refractivity contribution in [2.24, 2.45) is 0 Å². The van der Waals surface area contributed by atoms with Crippen LogP contribution < -0.4 is 5.32 Å². The molecule has 31 heavy (non-hydrogen) atoms. The lowest BCUT2D eigenvalue weighted by atomic mass is 9.77. The highest BCUT2D eigenvalue weighted by Gasteiger charge is 2.38. The summed E-state index contributed by atoms with van der Waals surface area (Å²) in [4.78, 5) is 12.8. The Hall–Kier alpha value is -2.91. The highest BCUT2D eigenvalue weighted by molar-refractivity contribution is 7.05. The van der Waals surface area contributed by atoms with E-state index in [4.69, 9.17) is 0 Å². The number of alkyl halides is 3. The number of carbonyl (C=O) groups excluding carboxylic acids is 1. The number of carbonyl (C=O) groups is 1. The number of hydrogen-bond donors (Lipinski definition) is 2. The maximum Gasteiger partial charge on any atom is 0.416 e. The summed E-state index contributed by atoms with van der Waals surface area (Å²) in [5, 5.41) is 16.1. The van der Waals surface area contributed by atoms with Crippen molar-refractivity contribution >= 4 is 39.4 Å². The fourth-order valence-electron chi connectivity index (χ4n) is 4.08. The number of hydrogen-bond acceptors (Lipinski definition) is 4. The Kier molecular flexibility index (Phi) is 4.56. The first-order chi connectivity index (χ1) is 14.8. The highest BCUT2D eigenvalue weighted by Crippen LogP contribution is 2.36. The van der Waals surface area contributed by atoms with Crippen molar-refractivity contribution in [3.63, 3.8) is 0 Å². The molecule has 1 aliphatic rings. The summed E-state index contributed by atoms with van der Waals surface area (Å²) >= 11 is 1.25. The van der Waals surface area contributed by atoms with Gasteiger partial charge in [-0.1, -0.05) is 0 Å². The average Bonchev–Trinajstić information content (AvgIpc) is 3.30. The second-order valence-corrected chi connectivity index (χ2v) is 8.54. The topological polar surface area (TPSA) is 67.2 Å². The van der Waals surface area contributed by atoms with E-state index in [1.165, 1.54) is 23.7 Å². The first kappa shape index (κ1) is 20.0. The predicted octanol–water partition coefficient (Wildman–Crippen LogP) is 4.90. The third kappa shape index (κ3) is 3.28. The zero-order valence-corrected chi connectivity index (χ0v) is 17.1. The van der Waals surface area contributed by atoms with Gasteiger partial charge in [0.25, 0.3) is 5.91 Å². The molecule has 1 saturated carbocycles. The van der Waals surface area contributed by atoms with Crippen LogP contribution in [0.4, 0.5) is 13.2 Å². The molecule has 5 rings (SSSR count). The zero-order valence-electron chi connectivity index (χ0n) is 16.2. The van der Waals surface area contributed by atoms with Crippen molar-refractivity contribution in [2.45, 2.75) is 31.0 Å².